The highest BCUT2D eigenvalue weighted by Crippen LogP contribution is 2.22. The van der Waals surface area contributed by atoms with Gasteiger partial charge in [0.2, 0.25) is 0 Å². The number of rotatable bonds is 2. The molecule has 1 radical (unpaired) electrons. The van der Waals surface area contributed by atoms with Crippen LogP contribution in [0, 0.1) is 12.8 Å². The molecule has 59 valence electrons. The van der Waals surface area contributed by atoms with Gasteiger partial charge in [-0.3, -0.25) is 0 Å². The summed E-state index contributed by atoms with van der Waals surface area (Å²) >= 11 is 0. The van der Waals surface area contributed by atoms with E-state index in [1.54, 1.807) is 0 Å². The monoisotopic (exact) mass is 147 g/mol. The first kappa shape index (κ1) is 8.32. The van der Waals surface area contributed by atoms with Crippen LogP contribution >= 0.6 is 0 Å². The minimum Gasteiger partial charge on any atom is -0.0622 e. The van der Waals surface area contributed by atoms with E-state index in [0.717, 1.165) is 0 Å². The molecular weight excluding hydrogens is 132 g/mol. The summed E-state index contributed by atoms with van der Waals surface area (Å²) in [6.07, 6.45) is 0. The second-order valence-corrected chi connectivity index (χ2v) is 3.26. The maximum atomic E-state index is 4.11. The van der Waals surface area contributed by atoms with Gasteiger partial charge in [0.05, 0.1) is 0 Å². The van der Waals surface area contributed by atoms with Crippen LogP contribution in [-0.2, 0) is 0 Å². The van der Waals surface area contributed by atoms with Gasteiger partial charge in [-0.1, -0.05) is 44.2 Å². The van der Waals surface area contributed by atoms with Gasteiger partial charge in [-0.25, -0.2) is 0 Å². The molecule has 1 aromatic carbocycles. The van der Waals surface area contributed by atoms with Gasteiger partial charge in [0.1, 0.15) is 0 Å². The first-order valence-corrected chi connectivity index (χ1v) is 4.10. The van der Waals surface area contributed by atoms with Crippen molar-refractivity contribution >= 4 is 0 Å². The fraction of sp³-hybridized carbons (Fsp3) is 0.364. The zero-order chi connectivity index (χ0) is 8.27. The quantitative estimate of drug-likeness (QED) is 0.602. The predicted molar refractivity (Wildman–Crippen MR) is 49.4 cm³/mol. The Morgan fingerprint density at radius 3 is 2.09 bits per heavy atom. The van der Waals surface area contributed by atoms with Crippen LogP contribution in [0.3, 0.4) is 0 Å². The molecule has 0 bridgehead atoms. The predicted octanol–water partition coefficient (Wildman–Crippen LogP) is 3.26. The van der Waals surface area contributed by atoms with E-state index in [1.807, 2.05) is 6.07 Å². The third kappa shape index (κ3) is 2.07. The second-order valence-electron chi connectivity index (χ2n) is 3.26. The minimum atomic E-state index is 0.427. The average Bonchev–Trinajstić information content (AvgIpc) is 2.05. The van der Waals surface area contributed by atoms with E-state index in [2.05, 4.69) is 45.0 Å². The van der Waals surface area contributed by atoms with Crippen LogP contribution in [0.15, 0.2) is 30.3 Å². The lowest BCUT2D eigenvalue weighted by atomic mass is 9.91. The molecule has 0 N–H and O–H groups in total. The molecule has 1 aromatic rings. The molecule has 0 heterocycles. The van der Waals surface area contributed by atoms with Gasteiger partial charge in [-0.2, -0.15) is 0 Å². The Kier molecular flexibility index (Phi) is 2.70. The van der Waals surface area contributed by atoms with E-state index in [-0.39, 0.29) is 0 Å². The Morgan fingerprint density at radius 1 is 1.09 bits per heavy atom. The first-order chi connectivity index (χ1) is 5.22. The highest BCUT2D eigenvalue weighted by Gasteiger charge is 2.07. The fourth-order valence-electron chi connectivity index (χ4n) is 1.09. The van der Waals surface area contributed by atoms with Gasteiger partial charge in [-0.05, 0) is 24.3 Å². The third-order valence-corrected chi connectivity index (χ3v) is 2.03. The molecular formula is C11H15. The van der Waals surface area contributed by atoms with Gasteiger partial charge in [0.25, 0.3) is 0 Å². The Hall–Kier alpha value is -0.780. The zero-order valence-corrected chi connectivity index (χ0v) is 7.25. The van der Waals surface area contributed by atoms with Crippen molar-refractivity contribution in [3.63, 3.8) is 0 Å². The Bertz CT molecular complexity index is 199. The van der Waals surface area contributed by atoms with Crippen molar-refractivity contribution in [2.75, 3.05) is 0 Å². The normalized spacial score (nSPS) is 13.5. The summed E-state index contributed by atoms with van der Waals surface area (Å²) in [7, 11) is 0. The van der Waals surface area contributed by atoms with Crippen LogP contribution in [0.4, 0.5) is 0 Å². The van der Waals surface area contributed by atoms with Crippen LogP contribution in [0.1, 0.15) is 25.3 Å². The molecule has 1 rings (SSSR count). The minimum absolute atomic E-state index is 0.427. The van der Waals surface area contributed by atoms with Gasteiger partial charge >= 0.3 is 0 Å². The third-order valence-electron chi connectivity index (χ3n) is 2.03. The van der Waals surface area contributed by atoms with Gasteiger partial charge in [-0.15, -0.1) is 0 Å². The highest BCUT2D eigenvalue weighted by atomic mass is 14.1. The summed E-state index contributed by atoms with van der Waals surface area (Å²) in [6.45, 7) is 8.51. The Labute approximate surface area is 69.3 Å². The molecule has 0 aromatic heterocycles. The van der Waals surface area contributed by atoms with Gasteiger partial charge in [0, 0.05) is 0 Å². The van der Waals surface area contributed by atoms with Crippen LogP contribution in [0.5, 0.6) is 0 Å². The van der Waals surface area contributed by atoms with Crippen LogP contribution in [-0.4, -0.2) is 0 Å². The van der Waals surface area contributed by atoms with E-state index < -0.39 is 0 Å². The standard InChI is InChI=1S/C11H15/c1-9(2)10(3)11-7-5-4-6-8-11/h4-10H,3H2,1-2H3. The van der Waals surface area contributed by atoms with Crippen LogP contribution in [0.2, 0.25) is 0 Å². The van der Waals surface area contributed by atoms with Crippen molar-refractivity contribution in [2.24, 2.45) is 5.92 Å². The molecule has 1 unspecified atom stereocenters. The van der Waals surface area contributed by atoms with Gasteiger partial charge < -0.3 is 0 Å². The van der Waals surface area contributed by atoms with Crippen molar-refractivity contribution in [2.45, 2.75) is 19.8 Å². The lowest BCUT2D eigenvalue weighted by Crippen LogP contribution is -2.01. The zero-order valence-electron chi connectivity index (χ0n) is 7.25. The summed E-state index contributed by atoms with van der Waals surface area (Å²) < 4.78 is 0. The number of hydrogen-bond donors (Lipinski definition) is 0. The molecule has 11 heavy (non-hydrogen) atoms. The number of hydrogen-bond acceptors (Lipinski definition) is 0. The first-order valence-electron chi connectivity index (χ1n) is 4.10. The van der Waals surface area contributed by atoms with E-state index in [9.17, 15) is 0 Å². The number of benzene rings is 1. The SMILES string of the molecule is [CH2]C(c1ccccc1)C(C)C. The van der Waals surface area contributed by atoms with Crippen molar-refractivity contribution in [3.8, 4) is 0 Å². The van der Waals surface area contributed by atoms with E-state index >= 15 is 0 Å². The topological polar surface area (TPSA) is 0 Å². The molecule has 0 aliphatic carbocycles. The molecule has 0 spiro atoms. The smallest absolute Gasteiger partial charge is 0.0139 e. The van der Waals surface area contributed by atoms with E-state index in [1.165, 1.54) is 5.56 Å². The summed E-state index contributed by atoms with van der Waals surface area (Å²) in [4.78, 5) is 0. The Balaban J connectivity index is 2.77. The summed E-state index contributed by atoms with van der Waals surface area (Å²) in [5, 5.41) is 0. The molecule has 0 fully saturated rings. The maximum Gasteiger partial charge on any atom is -0.0139 e. The van der Waals surface area contributed by atoms with Crippen LogP contribution < -0.4 is 0 Å². The molecule has 0 nitrogen and oxygen atoms in total. The summed E-state index contributed by atoms with van der Waals surface area (Å²) in [5.41, 5.74) is 1.34. The molecule has 1 atom stereocenters. The van der Waals surface area contributed by atoms with Gasteiger partial charge in [0.15, 0.2) is 0 Å². The van der Waals surface area contributed by atoms with Crippen molar-refractivity contribution in [1.29, 1.82) is 0 Å². The summed E-state index contributed by atoms with van der Waals surface area (Å²) in [5.74, 6) is 1.05. The fourth-order valence-corrected chi connectivity index (χ4v) is 1.09. The molecule has 0 aliphatic rings. The second kappa shape index (κ2) is 3.56. The highest BCUT2D eigenvalue weighted by molar-refractivity contribution is 5.20. The van der Waals surface area contributed by atoms with Crippen molar-refractivity contribution in [1.82, 2.24) is 0 Å². The lowest BCUT2D eigenvalue weighted by Gasteiger charge is -2.14. The largest absolute Gasteiger partial charge is 0.0622 e. The molecule has 0 amide bonds. The Morgan fingerprint density at radius 2 is 1.64 bits per heavy atom. The van der Waals surface area contributed by atoms with Crippen molar-refractivity contribution < 1.29 is 0 Å². The van der Waals surface area contributed by atoms with E-state index in [0.29, 0.717) is 11.8 Å². The maximum absolute atomic E-state index is 4.11. The van der Waals surface area contributed by atoms with E-state index in [4.69, 9.17) is 0 Å². The molecule has 0 saturated carbocycles. The van der Waals surface area contributed by atoms with Crippen LogP contribution in [0.25, 0.3) is 0 Å². The molecule has 0 aliphatic heterocycles. The lowest BCUT2D eigenvalue weighted by molar-refractivity contribution is 0.575. The molecule has 0 heteroatoms. The summed E-state index contributed by atoms with van der Waals surface area (Å²) in [6, 6.07) is 10.4. The average molecular weight is 147 g/mol. The van der Waals surface area contributed by atoms with Crippen molar-refractivity contribution in [3.05, 3.63) is 42.8 Å². The molecule has 0 saturated heterocycles.